The number of fused-ring (bicyclic) bond motifs is 1. The highest BCUT2D eigenvalue weighted by molar-refractivity contribution is 7.99. The molecule has 11 heteroatoms. The molecule has 0 saturated carbocycles. The van der Waals surface area contributed by atoms with Gasteiger partial charge in [0.05, 0.1) is 11.9 Å². The summed E-state index contributed by atoms with van der Waals surface area (Å²) in [7, 11) is 0. The zero-order valence-electron chi connectivity index (χ0n) is 17.3. The van der Waals surface area contributed by atoms with Crippen molar-refractivity contribution in [3.8, 4) is 0 Å². The van der Waals surface area contributed by atoms with Gasteiger partial charge in [-0.25, -0.2) is 4.39 Å². The fourth-order valence-electron chi connectivity index (χ4n) is 3.26. The lowest BCUT2D eigenvalue weighted by Gasteiger charge is -2.10. The van der Waals surface area contributed by atoms with Crippen LogP contribution in [0.1, 0.15) is 29.0 Å². The smallest absolute Gasteiger partial charge is 0.251 e. The number of rotatable bonds is 9. The highest BCUT2D eigenvalue weighted by Gasteiger charge is 2.16. The van der Waals surface area contributed by atoms with Crippen molar-refractivity contribution in [3.05, 3.63) is 53.6 Å². The van der Waals surface area contributed by atoms with Gasteiger partial charge >= 0.3 is 0 Å². The second-order valence-corrected chi connectivity index (χ2v) is 8.29. The summed E-state index contributed by atoms with van der Waals surface area (Å²) in [4.78, 5) is 24.2. The maximum Gasteiger partial charge on any atom is 0.251 e. The fraction of sp³-hybridized carbons (Fsp3) is 0.381. The van der Waals surface area contributed by atoms with Gasteiger partial charge in [-0.1, -0.05) is 11.8 Å². The van der Waals surface area contributed by atoms with Gasteiger partial charge in [-0.15, -0.1) is 10.2 Å². The topological polar surface area (TPSA) is 111 Å². The summed E-state index contributed by atoms with van der Waals surface area (Å²) in [6, 6.07) is 8.92. The Morgan fingerprint density at radius 1 is 1.16 bits per heavy atom. The quantitative estimate of drug-likeness (QED) is 0.469. The number of carbonyl (C=O) groups is 2. The number of ether oxygens (including phenoxy) is 1. The van der Waals surface area contributed by atoms with Gasteiger partial charge < -0.3 is 15.4 Å². The van der Waals surface area contributed by atoms with Crippen LogP contribution in [0.4, 0.5) is 4.39 Å². The minimum atomic E-state index is -0.392. The van der Waals surface area contributed by atoms with Crippen LogP contribution in [0.5, 0.6) is 0 Å². The zero-order chi connectivity index (χ0) is 22.3. The first kappa shape index (κ1) is 22.2. The van der Waals surface area contributed by atoms with Crippen molar-refractivity contribution in [2.24, 2.45) is 0 Å². The van der Waals surface area contributed by atoms with Crippen LogP contribution in [-0.4, -0.2) is 63.2 Å². The van der Waals surface area contributed by atoms with Crippen LogP contribution < -0.4 is 10.6 Å². The maximum atomic E-state index is 13.0. The number of halogens is 1. The molecule has 1 aromatic carbocycles. The Morgan fingerprint density at radius 3 is 2.78 bits per heavy atom. The SMILES string of the molecule is O=C(CSc1ccc2nnc(CCNC(=O)c3ccc(F)cc3)n2n1)NC[C@@H]1CCCO1. The molecule has 2 amide bonds. The molecule has 2 N–H and O–H groups in total. The lowest BCUT2D eigenvalue weighted by Crippen LogP contribution is -2.32. The summed E-state index contributed by atoms with van der Waals surface area (Å²) in [6.45, 7) is 1.61. The van der Waals surface area contributed by atoms with Crippen molar-refractivity contribution < 1.29 is 18.7 Å². The zero-order valence-corrected chi connectivity index (χ0v) is 18.1. The Morgan fingerprint density at radius 2 is 2.00 bits per heavy atom. The van der Waals surface area contributed by atoms with Crippen LogP contribution in [0, 0.1) is 5.82 Å². The van der Waals surface area contributed by atoms with E-state index in [4.69, 9.17) is 4.74 Å². The molecule has 1 fully saturated rings. The van der Waals surface area contributed by atoms with E-state index in [0.717, 1.165) is 19.4 Å². The average Bonchev–Trinajstić information content (AvgIpc) is 3.46. The van der Waals surface area contributed by atoms with E-state index in [1.165, 1.54) is 36.0 Å². The lowest BCUT2D eigenvalue weighted by molar-refractivity contribution is -0.119. The van der Waals surface area contributed by atoms with Gasteiger partial charge in [-0.05, 0) is 49.2 Å². The Balaban J connectivity index is 1.28. The van der Waals surface area contributed by atoms with E-state index < -0.39 is 5.82 Å². The second kappa shape index (κ2) is 10.5. The molecule has 9 nitrogen and oxygen atoms in total. The van der Waals surface area contributed by atoms with Crippen molar-refractivity contribution in [2.75, 3.05) is 25.4 Å². The number of nitrogens with one attached hydrogen (secondary N) is 2. The van der Waals surface area contributed by atoms with Crippen LogP contribution in [0.3, 0.4) is 0 Å². The van der Waals surface area contributed by atoms with Crippen molar-refractivity contribution in [1.29, 1.82) is 0 Å². The van der Waals surface area contributed by atoms with Crippen molar-refractivity contribution >= 4 is 29.2 Å². The van der Waals surface area contributed by atoms with E-state index in [0.29, 0.717) is 41.6 Å². The molecular formula is C21H23FN6O3S. The number of nitrogens with zero attached hydrogens (tertiary/aromatic N) is 4. The normalized spacial score (nSPS) is 15.7. The minimum absolute atomic E-state index is 0.0696. The Hall–Kier alpha value is -3.05. The first-order valence-electron chi connectivity index (χ1n) is 10.3. The maximum absolute atomic E-state index is 13.0. The molecule has 32 heavy (non-hydrogen) atoms. The van der Waals surface area contributed by atoms with E-state index in [1.54, 1.807) is 16.6 Å². The summed E-state index contributed by atoms with van der Waals surface area (Å²) in [5.41, 5.74) is 0.962. The van der Waals surface area contributed by atoms with Crippen LogP contribution in [-0.2, 0) is 16.0 Å². The molecule has 3 aromatic rings. The number of aromatic nitrogens is 4. The van der Waals surface area contributed by atoms with Gasteiger partial charge in [0.25, 0.3) is 5.91 Å². The average molecular weight is 459 g/mol. The Kier molecular flexibility index (Phi) is 7.28. The molecule has 0 unspecified atom stereocenters. The number of hydrogen-bond acceptors (Lipinski definition) is 7. The van der Waals surface area contributed by atoms with Gasteiger partial charge in [-0.2, -0.15) is 9.61 Å². The van der Waals surface area contributed by atoms with E-state index >= 15 is 0 Å². The van der Waals surface area contributed by atoms with Crippen LogP contribution in [0.15, 0.2) is 41.4 Å². The molecule has 1 aliphatic rings. The van der Waals surface area contributed by atoms with Gasteiger partial charge in [-0.3, -0.25) is 9.59 Å². The number of thioether (sulfide) groups is 1. The van der Waals surface area contributed by atoms with Gasteiger partial charge in [0.1, 0.15) is 10.8 Å². The molecule has 168 valence electrons. The number of benzene rings is 1. The summed E-state index contributed by atoms with van der Waals surface area (Å²) < 4.78 is 20.1. The van der Waals surface area contributed by atoms with E-state index in [2.05, 4.69) is 25.9 Å². The van der Waals surface area contributed by atoms with Gasteiger partial charge in [0.15, 0.2) is 11.5 Å². The summed E-state index contributed by atoms with van der Waals surface area (Å²) in [6.07, 6.45) is 2.54. The summed E-state index contributed by atoms with van der Waals surface area (Å²) in [5.74, 6) is 0.0781. The monoisotopic (exact) mass is 458 g/mol. The molecule has 2 aromatic heterocycles. The summed E-state index contributed by atoms with van der Waals surface area (Å²) >= 11 is 1.32. The van der Waals surface area contributed by atoms with E-state index in [1.807, 2.05) is 0 Å². The molecule has 3 heterocycles. The minimum Gasteiger partial charge on any atom is -0.376 e. The highest BCUT2D eigenvalue weighted by Crippen LogP contribution is 2.16. The molecule has 0 bridgehead atoms. The first-order valence-corrected chi connectivity index (χ1v) is 11.3. The molecule has 1 aliphatic heterocycles. The molecule has 1 atom stereocenters. The van der Waals surface area contributed by atoms with Crippen LogP contribution in [0.2, 0.25) is 0 Å². The predicted octanol–water partition coefficient (Wildman–Crippen LogP) is 1.62. The summed E-state index contributed by atoms with van der Waals surface area (Å²) in [5, 5.41) is 19.1. The Labute approximate surface area is 188 Å². The lowest BCUT2D eigenvalue weighted by atomic mass is 10.2. The first-order chi connectivity index (χ1) is 15.6. The number of amides is 2. The molecule has 0 spiro atoms. The van der Waals surface area contributed by atoms with Crippen LogP contribution >= 0.6 is 11.8 Å². The number of carbonyl (C=O) groups excluding carboxylic acids is 2. The molecule has 1 saturated heterocycles. The van der Waals surface area contributed by atoms with Crippen molar-refractivity contribution in [2.45, 2.75) is 30.4 Å². The third-order valence-corrected chi connectivity index (χ3v) is 5.87. The predicted molar refractivity (Wildman–Crippen MR) is 116 cm³/mol. The van der Waals surface area contributed by atoms with E-state index in [-0.39, 0.29) is 23.7 Å². The van der Waals surface area contributed by atoms with E-state index in [9.17, 15) is 14.0 Å². The largest absolute Gasteiger partial charge is 0.376 e. The van der Waals surface area contributed by atoms with Crippen molar-refractivity contribution in [3.63, 3.8) is 0 Å². The third-order valence-electron chi connectivity index (χ3n) is 4.95. The fourth-order valence-corrected chi connectivity index (χ4v) is 3.95. The third kappa shape index (κ3) is 5.80. The molecule has 0 radical (unpaired) electrons. The Bertz CT molecular complexity index is 1080. The molecule has 0 aliphatic carbocycles. The molecular weight excluding hydrogens is 435 g/mol. The second-order valence-electron chi connectivity index (χ2n) is 7.30. The molecule has 4 rings (SSSR count). The number of hydrogen-bond donors (Lipinski definition) is 2. The highest BCUT2D eigenvalue weighted by atomic mass is 32.2. The van der Waals surface area contributed by atoms with Crippen LogP contribution in [0.25, 0.3) is 5.65 Å². The van der Waals surface area contributed by atoms with Gasteiger partial charge in [0.2, 0.25) is 5.91 Å². The van der Waals surface area contributed by atoms with Crippen molar-refractivity contribution in [1.82, 2.24) is 30.4 Å². The van der Waals surface area contributed by atoms with Gasteiger partial charge in [0, 0.05) is 31.7 Å². The standard InChI is InChI=1S/C21H23FN6O3S/c22-15-5-3-14(4-6-15)21(30)23-10-9-18-26-25-17-7-8-20(27-28(17)18)32-13-19(29)24-12-16-2-1-11-31-16/h3-8,16H,1-2,9-13H2,(H,23,30)(H,24,29)/t16-/m0/s1.